The number of aliphatic hydroxyl groups is 2. The molecule has 2 amide bonds. The van der Waals surface area contributed by atoms with Gasteiger partial charge < -0.3 is 35.0 Å². The van der Waals surface area contributed by atoms with Crippen LogP contribution in [0.5, 0.6) is 0 Å². The van der Waals surface area contributed by atoms with Gasteiger partial charge in [0.1, 0.15) is 24.1 Å². The van der Waals surface area contributed by atoms with Gasteiger partial charge in [-0.1, -0.05) is 0 Å². The quantitative estimate of drug-likeness (QED) is 0.518. The van der Waals surface area contributed by atoms with Crippen LogP contribution >= 0.6 is 0 Å². The van der Waals surface area contributed by atoms with Crippen LogP contribution in [-0.4, -0.2) is 98.2 Å². The maximum atomic E-state index is 13.2. The highest BCUT2D eigenvalue weighted by atomic mass is 19.1. The minimum absolute atomic E-state index is 0.00747. The summed E-state index contributed by atoms with van der Waals surface area (Å²) in [5.74, 6) is -0.777. The molecule has 194 valence electrons. The molecular formula is C26H33FN4O5. The van der Waals surface area contributed by atoms with Gasteiger partial charge in [-0.05, 0) is 48.5 Å². The molecule has 2 aliphatic heterocycles. The molecule has 0 radical (unpaired) electrons. The maximum absolute atomic E-state index is 13.2. The maximum Gasteiger partial charge on any atom is 0.251 e. The van der Waals surface area contributed by atoms with Crippen LogP contribution in [0.3, 0.4) is 0 Å². The first-order valence-corrected chi connectivity index (χ1v) is 12.1. The average Bonchev–Trinajstić information content (AvgIpc) is 3.15. The highest BCUT2D eigenvalue weighted by Crippen LogP contribution is 2.25. The Bertz CT molecular complexity index is 1040. The molecule has 4 rings (SSSR count). The SMILES string of the molecule is CN(C)c1ccc(C(=O)NC[C@H]2O[C@@H](CC(=O)N3CCN(c4ccc(F)cc4)CC3)[C@H](O)[C@@H]2O)cc1. The van der Waals surface area contributed by atoms with Crippen molar-refractivity contribution in [2.75, 3.05) is 56.6 Å². The van der Waals surface area contributed by atoms with E-state index in [9.17, 15) is 24.2 Å². The van der Waals surface area contributed by atoms with Gasteiger partial charge in [-0.25, -0.2) is 4.39 Å². The van der Waals surface area contributed by atoms with Gasteiger partial charge in [0.25, 0.3) is 5.91 Å². The molecule has 9 nitrogen and oxygen atoms in total. The number of amides is 2. The number of carbonyl (C=O) groups is 2. The van der Waals surface area contributed by atoms with E-state index in [0.29, 0.717) is 31.7 Å². The zero-order valence-corrected chi connectivity index (χ0v) is 20.5. The van der Waals surface area contributed by atoms with Crippen molar-refractivity contribution >= 4 is 23.2 Å². The van der Waals surface area contributed by atoms with Crippen LogP contribution in [0.1, 0.15) is 16.8 Å². The number of anilines is 2. The molecule has 3 N–H and O–H groups in total. The van der Waals surface area contributed by atoms with Crippen molar-refractivity contribution in [3.63, 3.8) is 0 Å². The van der Waals surface area contributed by atoms with Gasteiger partial charge in [0, 0.05) is 63.8 Å². The molecule has 10 heteroatoms. The van der Waals surface area contributed by atoms with Crippen LogP contribution in [0.25, 0.3) is 0 Å². The summed E-state index contributed by atoms with van der Waals surface area (Å²) in [5.41, 5.74) is 2.34. The predicted octanol–water partition coefficient (Wildman–Crippen LogP) is 0.850. The molecule has 2 aliphatic rings. The van der Waals surface area contributed by atoms with E-state index in [1.54, 1.807) is 29.2 Å². The van der Waals surface area contributed by atoms with Crippen LogP contribution in [0.2, 0.25) is 0 Å². The van der Waals surface area contributed by atoms with Gasteiger partial charge in [-0.2, -0.15) is 0 Å². The second-order valence-corrected chi connectivity index (χ2v) is 9.39. The number of nitrogens with one attached hydrogen (secondary N) is 1. The van der Waals surface area contributed by atoms with Crippen molar-refractivity contribution < 1.29 is 28.9 Å². The van der Waals surface area contributed by atoms with Gasteiger partial charge >= 0.3 is 0 Å². The zero-order chi connectivity index (χ0) is 25.8. The van der Waals surface area contributed by atoms with Crippen molar-refractivity contribution in [3.05, 3.63) is 59.9 Å². The lowest BCUT2D eigenvalue weighted by molar-refractivity contribution is -0.135. The molecule has 0 unspecified atom stereocenters. The van der Waals surface area contributed by atoms with E-state index < -0.39 is 24.4 Å². The summed E-state index contributed by atoms with van der Waals surface area (Å²) in [5, 5.41) is 23.6. The molecule has 2 aromatic carbocycles. The van der Waals surface area contributed by atoms with Gasteiger partial charge in [0.05, 0.1) is 12.5 Å². The summed E-state index contributed by atoms with van der Waals surface area (Å²) < 4.78 is 18.9. The van der Waals surface area contributed by atoms with E-state index in [0.717, 1.165) is 11.4 Å². The molecule has 2 fully saturated rings. The minimum atomic E-state index is -1.23. The van der Waals surface area contributed by atoms with E-state index in [-0.39, 0.29) is 30.6 Å². The van der Waals surface area contributed by atoms with Crippen molar-refractivity contribution in [2.24, 2.45) is 0 Å². The number of rotatable bonds is 7. The van der Waals surface area contributed by atoms with Gasteiger partial charge in [0.2, 0.25) is 5.91 Å². The Balaban J connectivity index is 1.24. The lowest BCUT2D eigenvalue weighted by Crippen LogP contribution is -2.49. The third-order valence-corrected chi connectivity index (χ3v) is 6.77. The third kappa shape index (κ3) is 5.95. The molecular weight excluding hydrogens is 467 g/mol. The Morgan fingerprint density at radius 2 is 1.58 bits per heavy atom. The summed E-state index contributed by atoms with van der Waals surface area (Å²) in [4.78, 5) is 31.0. The van der Waals surface area contributed by atoms with E-state index in [2.05, 4.69) is 10.2 Å². The Hall–Kier alpha value is -3.21. The molecule has 0 spiro atoms. The highest BCUT2D eigenvalue weighted by Gasteiger charge is 2.44. The second kappa shape index (κ2) is 11.2. The number of nitrogens with zero attached hydrogens (tertiary/aromatic N) is 3. The largest absolute Gasteiger partial charge is 0.388 e. The summed E-state index contributed by atoms with van der Waals surface area (Å²) in [6.07, 6.45) is -4.18. The van der Waals surface area contributed by atoms with Gasteiger partial charge in [0.15, 0.2) is 0 Å². The summed E-state index contributed by atoms with van der Waals surface area (Å²) in [6, 6.07) is 13.4. The van der Waals surface area contributed by atoms with Crippen LogP contribution < -0.4 is 15.1 Å². The van der Waals surface area contributed by atoms with Crippen molar-refractivity contribution in [2.45, 2.75) is 30.8 Å². The third-order valence-electron chi connectivity index (χ3n) is 6.77. The van der Waals surface area contributed by atoms with Crippen LogP contribution in [0, 0.1) is 5.82 Å². The lowest BCUT2D eigenvalue weighted by Gasteiger charge is -2.36. The summed E-state index contributed by atoms with van der Waals surface area (Å²) >= 11 is 0. The molecule has 2 saturated heterocycles. The number of ether oxygens (including phenoxy) is 1. The number of benzene rings is 2. The predicted molar refractivity (Wildman–Crippen MR) is 134 cm³/mol. The fraction of sp³-hybridized carbons (Fsp3) is 0.462. The molecule has 0 aromatic heterocycles. The fourth-order valence-electron chi connectivity index (χ4n) is 4.54. The minimum Gasteiger partial charge on any atom is -0.388 e. The molecule has 36 heavy (non-hydrogen) atoms. The second-order valence-electron chi connectivity index (χ2n) is 9.39. The van der Waals surface area contributed by atoms with Crippen LogP contribution in [0.4, 0.5) is 15.8 Å². The molecule has 2 aromatic rings. The van der Waals surface area contributed by atoms with Crippen LogP contribution in [0.15, 0.2) is 48.5 Å². The summed E-state index contributed by atoms with van der Waals surface area (Å²) in [7, 11) is 3.82. The Morgan fingerprint density at radius 1 is 0.972 bits per heavy atom. The normalized spacial score (nSPS) is 24.0. The highest BCUT2D eigenvalue weighted by molar-refractivity contribution is 5.94. The average molecular weight is 501 g/mol. The number of hydrogen-bond acceptors (Lipinski definition) is 7. The Kier molecular flexibility index (Phi) is 8.07. The zero-order valence-electron chi connectivity index (χ0n) is 20.5. The number of carbonyl (C=O) groups excluding carboxylic acids is 2. The first-order valence-electron chi connectivity index (χ1n) is 12.1. The topological polar surface area (TPSA) is 106 Å². The van der Waals surface area contributed by atoms with Crippen molar-refractivity contribution in [1.82, 2.24) is 10.2 Å². The first kappa shape index (κ1) is 25.9. The molecule has 0 aliphatic carbocycles. The van der Waals surface area contributed by atoms with E-state index >= 15 is 0 Å². The van der Waals surface area contributed by atoms with Gasteiger partial charge in [-0.3, -0.25) is 9.59 Å². The lowest BCUT2D eigenvalue weighted by atomic mass is 10.0. The summed E-state index contributed by atoms with van der Waals surface area (Å²) in [6.45, 7) is 2.21. The first-order chi connectivity index (χ1) is 17.2. The molecule has 2 heterocycles. The molecule has 4 atom stereocenters. The number of hydrogen-bond donors (Lipinski definition) is 3. The van der Waals surface area contributed by atoms with Crippen LogP contribution in [-0.2, 0) is 9.53 Å². The molecule has 0 saturated carbocycles. The van der Waals surface area contributed by atoms with E-state index in [1.807, 2.05) is 31.1 Å². The standard InChI is InChI=1S/C26H33FN4O5/c1-29(2)19-7-3-17(4-8-19)26(35)28-16-22-25(34)24(33)21(36-22)15-23(32)31-13-11-30(12-14-31)20-9-5-18(27)6-10-20/h3-10,21-22,24-25,33-34H,11-16H2,1-2H3,(H,28,35)/t21-,22+,24-,25+/m0/s1. The number of halogens is 1. The smallest absolute Gasteiger partial charge is 0.251 e. The van der Waals surface area contributed by atoms with Gasteiger partial charge in [-0.15, -0.1) is 0 Å². The number of piperazine rings is 1. The fourth-order valence-corrected chi connectivity index (χ4v) is 4.54. The van der Waals surface area contributed by atoms with E-state index in [4.69, 9.17) is 4.74 Å². The Morgan fingerprint density at radius 3 is 2.19 bits per heavy atom. The number of aliphatic hydroxyl groups excluding tert-OH is 2. The monoisotopic (exact) mass is 500 g/mol. The van der Waals surface area contributed by atoms with Crippen molar-refractivity contribution in [3.8, 4) is 0 Å². The molecule has 0 bridgehead atoms. The van der Waals surface area contributed by atoms with Crippen molar-refractivity contribution in [1.29, 1.82) is 0 Å². The Labute approximate surface area is 210 Å². The van der Waals surface area contributed by atoms with E-state index in [1.165, 1.54) is 12.1 Å².